The number of rotatable bonds is 4. The number of aryl methyl sites for hydroxylation is 3. The first-order valence-electron chi connectivity index (χ1n) is 7.69. The average Bonchev–Trinajstić information content (AvgIpc) is 2.48. The summed E-state index contributed by atoms with van der Waals surface area (Å²) >= 11 is 0. The maximum absolute atomic E-state index is 12.3. The molecule has 154 valence electrons. The van der Waals surface area contributed by atoms with Gasteiger partial charge >= 0.3 is 0 Å². The highest BCUT2D eigenvalue weighted by Crippen LogP contribution is 2.19. The number of primary sulfonamides is 1. The molecule has 3 N–H and O–H groups in total. The highest BCUT2D eigenvalue weighted by molar-refractivity contribution is 7.89. The number of benzene rings is 1. The van der Waals surface area contributed by atoms with Crippen LogP contribution in [0.5, 0.6) is 0 Å². The van der Waals surface area contributed by atoms with Crippen LogP contribution in [0, 0.1) is 31.0 Å². The molecule has 0 atom stereocenters. The van der Waals surface area contributed by atoms with Gasteiger partial charge in [0.05, 0.1) is 5.69 Å². The van der Waals surface area contributed by atoms with Gasteiger partial charge in [0.1, 0.15) is 4.90 Å². The molecule has 2 aromatic rings. The SMILES string of the molecule is Cc1cc(C)[n+](CC(=O)Nc2ccccc2S(N)(=O)=O)c(C)c1.[O-][Cl+3]([O-])([O-])[O-]. The van der Waals surface area contributed by atoms with Crippen LogP contribution in [0.25, 0.3) is 0 Å². The van der Waals surface area contributed by atoms with E-state index in [0.29, 0.717) is 0 Å². The number of carbonyl (C=O) groups excluding carboxylic acids is 1. The topological polar surface area (TPSA) is 185 Å². The Balaban J connectivity index is 0.000000696. The Labute approximate surface area is 164 Å². The number of halogens is 1. The summed E-state index contributed by atoms with van der Waals surface area (Å²) in [4.78, 5) is 12.2. The molecule has 0 saturated carbocycles. The molecule has 2 rings (SSSR count). The lowest BCUT2D eigenvalue weighted by molar-refractivity contribution is -2.00. The zero-order chi connectivity index (χ0) is 21.7. The summed E-state index contributed by atoms with van der Waals surface area (Å²) in [7, 11) is -8.84. The fraction of sp³-hybridized carbons (Fsp3) is 0.250. The first-order chi connectivity index (χ1) is 12.7. The highest BCUT2D eigenvalue weighted by Gasteiger charge is 2.19. The van der Waals surface area contributed by atoms with Crippen molar-refractivity contribution in [2.24, 2.45) is 5.14 Å². The summed E-state index contributed by atoms with van der Waals surface area (Å²) < 4.78 is 59.0. The lowest BCUT2D eigenvalue weighted by Gasteiger charge is -2.17. The Hall–Kier alpha value is -2.12. The van der Waals surface area contributed by atoms with Crippen LogP contribution in [0.3, 0.4) is 0 Å². The van der Waals surface area contributed by atoms with E-state index in [-0.39, 0.29) is 23.0 Å². The molecular formula is C16H20ClN3O7S. The molecule has 0 radical (unpaired) electrons. The number of nitrogens with two attached hydrogens (primary N) is 1. The number of hydrogen-bond donors (Lipinski definition) is 2. The normalized spacial score (nSPS) is 11.4. The van der Waals surface area contributed by atoms with Crippen molar-refractivity contribution in [3.8, 4) is 0 Å². The zero-order valence-corrected chi connectivity index (χ0v) is 16.9. The lowest BCUT2D eigenvalue weighted by atomic mass is 10.2. The second-order valence-corrected chi connectivity index (χ2v) is 8.15. The summed E-state index contributed by atoms with van der Waals surface area (Å²) in [6.07, 6.45) is 0. The standard InChI is InChI=1S/C16H19N3O3S.ClHO4/c1-11-8-12(2)19(13(3)9-11)10-16(20)18-14-6-4-5-7-15(14)23(17,21)22;2-1(3,4)5/h4-9H,10H2,1-3H3,(H2-,17,18,20,21,22);(H,2,3,4,5). The number of pyridine rings is 1. The maximum Gasteiger partial charge on any atom is 0.290 e. The van der Waals surface area contributed by atoms with Gasteiger partial charge in [-0.05, 0) is 24.6 Å². The molecule has 10 nitrogen and oxygen atoms in total. The third-order valence-corrected chi connectivity index (χ3v) is 4.46. The van der Waals surface area contributed by atoms with E-state index in [4.69, 9.17) is 23.8 Å². The second-order valence-electron chi connectivity index (χ2n) is 5.87. The number of nitrogens with one attached hydrogen (secondary N) is 1. The predicted octanol–water partition coefficient (Wildman–Crippen LogP) is -3.57. The van der Waals surface area contributed by atoms with Crippen LogP contribution >= 0.6 is 0 Å². The summed E-state index contributed by atoms with van der Waals surface area (Å²) in [5, 5.41) is 7.78. The van der Waals surface area contributed by atoms with Gasteiger partial charge in [-0.25, -0.2) is 32.2 Å². The van der Waals surface area contributed by atoms with Gasteiger partial charge in [0.2, 0.25) is 16.6 Å². The summed E-state index contributed by atoms with van der Waals surface area (Å²) in [5.41, 5.74) is 3.22. The van der Waals surface area contributed by atoms with E-state index >= 15 is 0 Å². The molecule has 0 fully saturated rings. The van der Waals surface area contributed by atoms with Gasteiger partial charge in [0.15, 0.2) is 11.4 Å². The third-order valence-electron chi connectivity index (χ3n) is 3.49. The molecule has 12 heteroatoms. The van der Waals surface area contributed by atoms with E-state index in [1.807, 2.05) is 37.5 Å². The van der Waals surface area contributed by atoms with Crippen LogP contribution in [0.1, 0.15) is 17.0 Å². The summed E-state index contributed by atoms with van der Waals surface area (Å²) in [6, 6.07) is 10.0. The quantitative estimate of drug-likeness (QED) is 0.466. The molecule has 0 aliphatic rings. The minimum absolute atomic E-state index is 0.0941. The minimum atomic E-state index is -4.94. The molecule has 0 aliphatic carbocycles. The molecule has 1 aromatic heterocycles. The summed E-state index contributed by atoms with van der Waals surface area (Å²) in [5.74, 6) is -0.318. The van der Waals surface area contributed by atoms with Crippen LogP contribution in [-0.4, -0.2) is 14.3 Å². The van der Waals surface area contributed by atoms with Crippen molar-refractivity contribution in [2.45, 2.75) is 32.2 Å². The number of hydrogen-bond acceptors (Lipinski definition) is 7. The smallest absolute Gasteiger partial charge is 0.290 e. The molecule has 1 amide bonds. The number of aromatic nitrogens is 1. The second kappa shape index (κ2) is 9.39. The number of sulfonamides is 1. The third kappa shape index (κ3) is 8.27. The Morgan fingerprint density at radius 1 is 1.07 bits per heavy atom. The Kier molecular flexibility index (Phi) is 8.02. The van der Waals surface area contributed by atoms with Crippen LogP contribution in [0.4, 0.5) is 5.69 Å². The fourth-order valence-electron chi connectivity index (χ4n) is 2.54. The van der Waals surface area contributed by atoms with Gasteiger partial charge in [0, 0.05) is 26.0 Å². The molecule has 0 saturated heterocycles. The average molecular weight is 434 g/mol. The number of amides is 1. The number of para-hydroxylation sites is 1. The van der Waals surface area contributed by atoms with Crippen LogP contribution < -0.4 is 33.7 Å². The van der Waals surface area contributed by atoms with E-state index < -0.39 is 20.3 Å². The number of nitrogens with zero attached hydrogens (tertiary/aromatic N) is 1. The maximum atomic E-state index is 12.3. The predicted molar refractivity (Wildman–Crippen MR) is 87.3 cm³/mol. The van der Waals surface area contributed by atoms with Crippen molar-refractivity contribution in [1.82, 2.24) is 0 Å². The van der Waals surface area contributed by atoms with Crippen LogP contribution in [0.2, 0.25) is 0 Å². The van der Waals surface area contributed by atoms with Crippen molar-refractivity contribution < 1.29 is 46.7 Å². The van der Waals surface area contributed by atoms with Crippen molar-refractivity contribution in [3.05, 3.63) is 53.3 Å². The Bertz CT molecular complexity index is 930. The van der Waals surface area contributed by atoms with Gasteiger partial charge in [0.25, 0.3) is 5.91 Å². The molecule has 0 spiro atoms. The largest absolute Gasteiger partial charge is 0.319 e. The molecule has 28 heavy (non-hydrogen) atoms. The number of carbonyl (C=O) groups is 1. The van der Waals surface area contributed by atoms with Crippen LogP contribution in [0.15, 0.2) is 41.3 Å². The van der Waals surface area contributed by atoms with Crippen molar-refractivity contribution in [1.29, 1.82) is 0 Å². The molecule has 1 heterocycles. The summed E-state index contributed by atoms with van der Waals surface area (Å²) in [6.45, 7) is 5.93. The van der Waals surface area contributed by atoms with E-state index in [9.17, 15) is 13.2 Å². The van der Waals surface area contributed by atoms with Gasteiger partial charge in [-0.3, -0.25) is 4.79 Å². The first-order valence-corrected chi connectivity index (χ1v) is 10.5. The minimum Gasteiger partial charge on any atom is -0.319 e. The first kappa shape index (κ1) is 23.9. The van der Waals surface area contributed by atoms with Gasteiger partial charge in [-0.1, -0.05) is 12.1 Å². The molecule has 0 bridgehead atoms. The van der Waals surface area contributed by atoms with E-state index in [0.717, 1.165) is 17.0 Å². The molecule has 0 aliphatic heterocycles. The Morgan fingerprint density at radius 2 is 1.54 bits per heavy atom. The van der Waals surface area contributed by atoms with E-state index in [2.05, 4.69) is 5.32 Å². The molecule has 0 unspecified atom stereocenters. The van der Waals surface area contributed by atoms with Gasteiger partial charge < -0.3 is 5.32 Å². The highest BCUT2D eigenvalue weighted by atomic mass is 35.7. The number of anilines is 1. The monoisotopic (exact) mass is 433 g/mol. The van der Waals surface area contributed by atoms with Gasteiger partial charge in [-0.15, -0.1) is 10.2 Å². The van der Waals surface area contributed by atoms with Crippen molar-refractivity contribution >= 4 is 21.6 Å². The van der Waals surface area contributed by atoms with Gasteiger partial charge in [-0.2, -0.15) is 4.57 Å². The fourth-order valence-corrected chi connectivity index (χ4v) is 3.23. The molecule has 1 aromatic carbocycles. The Morgan fingerprint density at radius 3 is 2.00 bits per heavy atom. The lowest BCUT2D eigenvalue weighted by Crippen LogP contribution is -2.68. The van der Waals surface area contributed by atoms with E-state index in [1.165, 1.54) is 12.1 Å². The van der Waals surface area contributed by atoms with Crippen molar-refractivity contribution in [2.75, 3.05) is 5.32 Å². The molecular weight excluding hydrogens is 414 g/mol. The zero-order valence-electron chi connectivity index (χ0n) is 15.3. The van der Waals surface area contributed by atoms with Crippen molar-refractivity contribution in [3.63, 3.8) is 0 Å². The van der Waals surface area contributed by atoms with E-state index in [1.54, 1.807) is 12.1 Å². The van der Waals surface area contributed by atoms with Crippen LogP contribution in [-0.2, 0) is 21.4 Å².